The van der Waals surface area contributed by atoms with Crippen molar-refractivity contribution in [3.63, 3.8) is 0 Å². The van der Waals surface area contributed by atoms with Crippen molar-refractivity contribution in [2.24, 2.45) is 0 Å². The van der Waals surface area contributed by atoms with Gasteiger partial charge in [0.2, 0.25) is 0 Å². The number of benzene rings is 3. The van der Waals surface area contributed by atoms with E-state index in [0.29, 0.717) is 28.1 Å². The summed E-state index contributed by atoms with van der Waals surface area (Å²) in [6.45, 7) is 0. The molecule has 0 N–H and O–H groups in total. The Kier molecular flexibility index (Phi) is 4.36. The maximum Gasteiger partial charge on any atom is 0.257 e. The highest BCUT2D eigenvalue weighted by Crippen LogP contribution is 2.41. The summed E-state index contributed by atoms with van der Waals surface area (Å²) in [5, 5.41) is 9.61. The van der Waals surface area contributed by atoms with Gasteiger partial charge in [-0.05, 0) is 66.3 Å². The highest BCUT2D eigenvalue weighted by Gasteiger charge is 2.23. The van der Waals surface area contributed by atoms with Crippen molar-refractivity contribution in [2.75, 3.05) is 11.9 Å². The predicted molar refractivity (Wildman–Crippen MR) is 125 cm³/mol. The van der Waals surface area contributed by atoms with Crippen LogP contribution in [0.4, 0.5) is 15.9 Å². The van der Waals surface area contributed by atoms with E-state index in [1.807, 2.05) is 48.3 Å². The summed E-state index contributed by atoms with van der Waals surface area (Å²) in [4.78, 5) is 6.65. The summed E-state index contributed by atoms with van der Waals surface area (Å²) in [6, 6.07) is 19.0. The SMILES string of the molecule is CN(c1ccc(F)c(-c2ccc(C3CC3)cc2)c1)c1nc2nncn2c2cc(Cl)ccc12. The molecule has 0 unspecified atom stereocenters. The van der Waals surface area contributed by atoms with Gasteiger partial charge >= 0.3 is 0 Å². The van der Waals surface area contributed by atoms with Gasteiger partial charge in [0, 0.05) is 28.7 Å². The Balaban J connectivity index is 1.46. The van der Waals surface area contributed by atoms with Crippen LogP contribution in [0.2, 0.25) is 5.02 Å². The molecule has 3 aromatic carbocycles. The molecule has 5 nitrogen and oxygen atoms in total. The molecule has 0 amide bonds. The molecule has 0 spiro atoms. The number of aromatic nitrogens is 4. The van der Waals surface area contributed by atoms with Gasteiger partial charge < -0.3 is 4.90 Å². The average Bonchev–Trinajstić information content (AvgIpc) is 3.55. The van der Waals surface area contributed by atoms with Crippen molar-refractivity contribution in [1.29, 1.82) is 0 Å². The van der Waals surface area contributed by atoms with Crippen LogP contribution in [0, 0.1) is 5.82 Å². The lowest BCUT2D eigenvalue weighted by Crippen LogP contribution is -2.13. The summed E-state index contributed by atoms with van der Waals surface area (Å²) in [6.07, 6.45) is 4.11. The molecule has 32 heavy (non-hydrogen) atoms. The van der Waals surface area contributed by atoms with Crippen LogP contribution in [0.1, 0.15) is 24.3 Å². The van der Waals surface area contributed by atoms with E-state index >= 15 is 0 Å². The number of nitrogens with zero attached hydrogens (tertiary/aromatic N) is 5. The first-order chi connectivity index (χ1) is 15.6. The molecular weight excluding hydrogens is 425 g/mol. The highest BCUT2D eigenvalue weighted by atomic mass is 35.5. The van der Waals surface area contributed by atoms with Crippen molar-refractivity contribution >= 4 is 39.8 Å². The van der Waals surface area contributed by atoms with Crippen LogP contribution in [-0.4, -0.2) is 26.6 Å². The van der Waals surface area contributed by atoms with Crippen LogP contribution in [0.5, 0.6) is 0 Å². The fourth-order valence-electron chi connectivity index (χ4n) is 4.20. The molecule has 1 saturated carbocycles. The molecule has 6 rings (SSSR count). The zero-order valence-corrected chi connectivity index (χ0v) is 18.1. The Morgan fingerprint density at radius 3 is 2.62 bits per heavy atom. The maximum absolute atomic E-state index is 14.8. The van der Waals surface area contributed by atoms with Crippen molar-refractivity contribution < 1.29 is 4.39 Å². The molecule has 0 aliphatic heterocycles. The van der Waals surface area contributed by atoms with Gasteiger partial charge in [0.05, 0.1) is 5.52 Å². The topological polar surface area (TPSA) is 46.3 Å². The Bertz CT molecular complexity index is 1470. The Hall–Kier alpha value is -3.51. The Morgan fingerprint density at radius 2 is 1.84 bits per heavy atom. The van der Waals surface area contributed by atoms with E-state index in [1.54, 1.807) is 16.8 Å². The van der Waals surface area contributed by atoms with Crippen LogP contribution in [0.3, 0.4) is 0 Å². The van der Waals surface area contributed by atoms with Crippen molar-refractivity contribution in [1.82, 2.24) is 19.6 Å². The highest BCUT2D eigenvalue weighted by molar-refractivity contribution is 6.31. The first-order valence-electron chi connectivity index (χ1n) is 10.5. The smallest absolute Gasteiger partial charge is 0.257 e. The summed E-state index contributed by atoms with van der Waals surface area (Å²) in [7, 11) is 1.91. The summed E-state index contributed by atoms with van der Waals surface area (Å²) < 4.78 is 16.6. The lowest BCUT2D eigenvalue weighted by Gasteiger charge is -2.21. The second-order valence-corrected chi connectivity index (χ2v) is 8.65. The quantitative estimate of drug-likeness (QED) is 0.323. The lowest BCUT2D eigenvalue weighted by molar-refractivity contribution is 0.631. The molecule has 1 aliphatic rings. The second kappa shape index (κ2) is 7.28. The first kappa shape index (κ1) is 19.2. The van der Waals surface area contributed by atoms with Gasteiger partial charge in [0.25, 0.3) is 5.78 Å². The molecule has 0 saturated heterocycles. The van der Waals surface area contributed by atoms with Gasteiger partial charge in [-0.1, -0.05) is 35.9 Å². The third kappa shape index (κ3) is 3.19. The van der Waals surface area contributed by atoms with E-state index in [1.165, 1.54) is 24.5 Å². The average molecular weight is 444 g/mol. The molecule has 1 fully saturated rings. The summed E-state index contributed by atoms with van der Waals surface area (Å²) >= 11 is 6.25. The molecular formula is C25H19ClFN5. The largest absolute Gasteiger partial charge is 0.329 e. The van der Waals surface area contributed by atoms with E-state index in [0.717, 1.165) is 22.2 Å². The number of hydrogen-bond acceptors (Lipinski definition) is 4. The van der Waals surface area contributed by atoms with Crippen molar-refractivity contribution in [2.45, 2.75) is 18.8 Å². The van der Waals surface area contributed by atoms with Gasteiger partial charge in [-0.2, -0.15) is 4.98 Å². The molecule has 2 aromatic heterocycles. The van der Waals surface area contributed by atoms with E-state index in [2.05, 4.69) is 22.3 Å². The van der Waals surface area contributed by atoms with Gasteiger partial charge in [0.1, 0.15) is 18.0 Å². The van der Waals surface area contributed by atoms with E-state index < -0.39 is 0 Å². The van der Waals surface area contributed by atoms with Gasteiger partial charge in [-0.15, -0.1) is 10.2 Å². The van der Waals surface area contributed by atoms with Crippen molar-refractivity contribution in [3.05, 3.63) is 83.4 Å². The number of hydrogen-bond donors (Lipinski definition) is 0. The number of rotatable bonds is 4. The molecule has 1 aliphatic carbocycles. The van der Waals surface area contributed by atoms with Crippen LogP contribution >= 0.6 is 11.6 Å². The van der Waals surface area contributed by atoms with Crippen LogP contribution in [-0.2, 0) is 0 Å². The minimum Gasteiger partial charge on any atom is -0.329 e. The molecule has 0 atom stereocenters. The third-order valence-electron chi connectivity index (χ3n) is 6.12. The fraction of sp³-hybridized carbons (Fsp3) is 0.160. The molecule has 7 heteroatoms. The standard InChI is InChI=1S/C25H19ClFN5/c1-31(24-20-10-8-18(26)12-23(20)32-14-28-30-25(32)29-24)19-9-11-22(27)21(13-19)17-6-4-16(5-7-17)15-2-3-15/h4-15H,2-3H2,1H3. The third-order valence-corrected chi connectivity index (χ3v) is 6.36. The van der Waals surface area contributed by atoms with Gasteiger partial charge in [0.15, 0.2) is 0 Å². The fourth-order valence-corrected chi connectivity index (χ4v) is 4.36. The van der Waals surface area contributed by atoms with E-state index in [4.69, 9.17) is 16.6 Å². The normalized spacial score (nSPS) is 13.7. The summed E-state index contributed by atoms with van der Waals surface area (Å²) in [5.74, 6) is 1.59. The van der Waals surface area contributed by atoms with Gasteiger partial charge in [-0.3, -0.25) is 4.40 Å². The number of fused-ring (bicyclic) bond motifs is 3. The van der Waals surface area contributed by atoms with Crippen molar-refractivity contribution in [3.8, 4) is 11.1 Å². The van der Waals surface area contributed by atoms with Gasteiger partial charge in [-0.25, -0.2) is 4.39 Å². The monoisotopic (exact) mass is 443 g/mol. The molecule has 158 valence electrons. The zero-order valence-electron chi connectivity index (χ0n) is 17.3. The molecule has 0 bridgehead atoms. The maximum atomic E-state index is 14.8. The zero-order chi connectivity index (χ0) is 21.8. The van der Waals surface area contributed by atoms with Crippen LogP contribution < -0.4 is 4.90 Å². The van der Waals surface area contributed by atoms with E-state index in [9.17, 15) is 4.39 Å². The number of anilines is 2. The number of halogens is 2. The van der Waals surface area contributed by atoms with Crippen LogP contribution in [0.25, 0.3) is 27.8 Å². The van der Waals surface area contributed by atoms with E-state index in [-0.39, 0.29) is 5.82 Å². The second-order valence-electron chi connectivity index (χ2n) is 8.22. The van der Waals surface area contributed by atoms with Crippen LogP contribution in [0.15, 0.2) is 67.0 Å². The first-order valence-corrected chi connectivity index (χ1v) is 10.9. The minimum atomic E-state index is -0.251. The predicted octanol–water partition coefficient (Wildman–Crippen LogP) is 6.38. The molecule has 2 heterocycles. The Morgan fingerprint density at radius 1 is 1.03 bits per heavy atom. The molecule has 0 radical (unpaired) electrons. The molecule has 5 aromatic rings. The summed E-state index contributed by atoms with van der Waals surface area (Å²) in [5.41, 5.74) is 4.43. The minimum absolute atomic E-state index is 0.251. The Labute approximate surface area is 189 Å². The lowest BCUT2D eigenvalue weighted by atomic mass is 10.0.